The largest absolute Gasteiger partial charge is 0.459 e. The second-order valence-electron chi connectivity index (χ2n) is 6.14. The summed E-state index contributed by atoms with van der Waals surface area (Å²) in [6, 6.07) is 18.1. The van der Waals surface area contributed by atoms with Crippen LogP contribution in [0.15, 0.2) is 54.6 Å². The van der Waals surface area contributed by atoms with Gasteiger partial charge in [-0.1, -0.05) is 55.5 Å². The zero-order valence-corrected chi connectivity index (χ0v) is 14.0. The number of para-hydroxylation sites is 1. The Morgan fingerprint density at radius 3 is 2.46 bits per heavy atom. The lowest BCUT2D eigenvalue weighted by atomic mass is 9.71. The average molecular weight is 323 g/mol. The van der Waals surface area contributed by atoms with Crippen LogP contribution >= 0.6 is 0 Å². The van der Waals surface area contributed by atoms with Gasteiger partial charge in [0.1, 0.15) is 0 Å². The van der Waals surface area contributed by atoms with Gasteiger partial charge in [0.25, 0.3) is 0 Å². The number of nitrogens with zero attached hydrogens (tertiary/aromatic N) is 1. The minimum atomic E-state index is -0.796. The zero-order chi connectivity index (χ0) is 17.2. The lowest BCUT2D eigenvalue weighted by Crippen LogP contribution is -2.45. The summed E-state index contributed by atoms with van der Waals surface area (Å²) in [5.74, 6) is -1.39. The van der Waals surface area contributed by atoms with Crippen LogP contribution in [0.25, 0.3) is 0 Å². The number of anilines is 1. The molecule has 1 heterocycles. The molecule has 0 saturated heterocycles. The molecule has 1 unspecified atom stereocenters. The predicted molar refractivity (Wildman–Crippen MR) is 92.9 cm³/mol. The molecule has 0 fully saturated rings. The number of ether oxygens (including phenoxy) is 1. The molecule has 24 heavy (non-hydrogen) atoms. The third-order valence-electron chi connectivity index (χ3n) is 4.73. The Morgan fingerprint density at radius 1 is 1.08 bits per heavy atom. The molecule has 124 valence electrons. The van der Waals surface area contributed by atoms with Gasteiger partial charge in [0.15, 0.2) is 0 Å². The summed E-state index contributed by atoms with van der Waals surface area (Å²) in [4.78, 5) is 25.9. The Morgan fingerprint density at radius 2 is 1.75 bits per heavy atom. The molecule has 0 spiro atoms. The lowest BCUT2D eigenvalue weighted by Gasteiger charge is -2.41. The minimum absolute atomic E-state index is 0.191. The van der Waals surface area contributed by atoms with Crippen molar-refractivity contribution in [3.63, 3.8) is 0 Å². The van der Waals surface area contributed by atoms with Crippen LogP contribution in [0.4, 0.5) is 5.69 Å². The third kappa shape index (κ3) is 2.68. The standard InChI is InChI=1S/C20H21NO3/c1-3-24-19(23)18(22)21-14-13-20(2,15-9-5-4-6-10-15)16-11-7-8-12-17(16)21/h4-12H,3,13-14H2,1-2H3. The lowest BCUT2D eigenvalue weighted by molar-refractivity contribution is -0.153. The van der Waals surface area contributed by atoms with Gasteiger partial charge >= 0.3 is 11.9 Å². The van der Waals surface area contributed by atoms with Gasteiger partial charge in [0.2, 0.25) is 0 Å². The van der Waals surface area contributed by atoms with E-state index in [1.807, 2.05) is 42.5 Å². The van der Waals surface area contributed by atoms with E-state index in [1.165, 1.54) is 10.5 Å². The van der Waals surface area contributed by atoms with Gasteiger partial charge in [-0.15, -0.1) is 0 Å². The SMILES string of the molecule is CCOC(=O)C(=O)N1CCC(C)(c2ccccc2)c2ccccc21. The van der Waals surface area contributed by atoms with E-state index in [0.29, 0.717) is 6.54 Å². The maximum atomic E-state index is 12.4. The van der Waals surface area contributed by atoms with Crippen molar-refractivity contribution in [3.05, 3.63) is 65.7 Å². The molecule has 1 amide bonds. The number of hydrogen-bond donors (Lipinski definition) is 0. The molecule has 0 aromatic heterocycles. The second-order valence-corrected chi connectivity index (χ2v) is 6.14. The van der Waals surface area contributed by atoms with Crippen LogP contribution in [0.5, 0.6) is 0 Å². The summed E-state index contributed by atoms with van der Waals surface area (Å²) in [5, 5.41) is 0. The Balaban J connectivity index is 2.03. The van der Waals surface area contributed by atoms with Gasteiger partial charge in [0, 0.05) is 17.6 Å². The summed E-state index contributed by atoms with van der Waals surface area (Å²) < 4.78 is 4.88. The highest BCUT2D eigenvalue weighted by Gasteiger charge is 2.39. The Kier molecular flexibility index (Phi) is 4.38. The van der Waals surface area contributed by atoms with Crippen LogP contribution in [-0.2, 0) is 19.7 Å². The fraction of sp³-hybridized carbons (Fsp3) is 0.300. The van der Waals surface area contributed by atoms with E-state index < -0.39 is 11.9 Å². The number of amides is 1. The van der Waals surface area contributed by atoms with E-state index in [1.54, 1.807) is 6.92 Å². The van der Waals surface area contributed by atoms with Crippen molar-refractivity contribution < 1.29 is 14.3 Å². The first-order valence-electron chi connectivity index (χ1n) is 8.21. The molecule has 2 aromatic rings. The molecule has 4 heteroatoms. The number of fused-ring (bicyclic) bond motifs is 1. The van der Waals surface area contributed by atoms with Crippen LogP contribution in [0.3, 0.4) is 0 Å². The number of hydrogen-bond acceptors (Lipinski definition) is 3. The van der Waals surface area contributed by atoms with Gasteiger partial charge in [-0.25, -0.2) is 4.79 Å². The first-order chi connectivity index (χ1) is 11.6. The zero-order valence-electron chi connectivity index (χ0n) is 14.0. The number of esters is 1. The molecule has 0 radical (unpaired) electrons. The van der Waals surface area contributed by atoms with Crippen LogP contribution in [0.1, 0.15) is 31.4 Å². The second kappa shape index (κ2) is 6.48. The van der Waals surface area contributed by atoms with Gasteiger partial charge in [-0.2, -0.15) is 0 Å². The topological polar surface area (TPSA) is 46.6 Å². The van der Waals surface area contributed by atoms with E-state index in [0.717, 1.165) is 17.7 Å². The molecule has 0 aliphatic carbocycles. The summed E-state index contributed by atoms with van der Waals surface area (Å²) in [6.45, 7) is 4.57. The molecule has 1 atom stereocenters. The van der Waals surface area contributed by atoms with Crippen molar-refractivity contribution in [2.45, 2.75) is 25.7 Å². The van der Waals surface area contributed by atoms with E-state index >= 15 is 0 Å². The highest BCUT2D eigenvalue weighted by molar-refractivity contribution is 6.38. The Labute approximate surface area is 142 Å². The summed E-state index contributed by atoms with van der Waals surface area (Å²) in [6.07, 6.45) is 0.749. The smallest absolute Gasteiger partial charge is 0.397 e. The molecule has 1 aliphatic rings. The molecule has 2 aromatic carbocycles. The molecular formula is C20H21NO3. The van der Waals surface area contributed by atoms with Gasteiger partial charge in [0.05, 0.1) is 6.61 Å². The van der Waals surface area contributed by atoms with Gasteiger partial charge in [-0.05, 0) is 30.5 Å². The summed E-state index contributed by atoms with van der Waals surface area (Å²) >= 11 is 0. The quantitative estimate of drug-likeness (QED) is 0.629. The number of benzene rings is 2. The first kappa shape index (κ1) is 16.2. The molecule has 4 nitrogen and oxygen atoms in total. The third-order valence-corrected chi connectivity index (χ3v) is 4.73. The Bertz CT molecular complexity index is 756. The van der Waals surface area contributed by atoms with Crippen LogP contribution in [-0.4, -0.2) is 25.0 Å². The highest BCUT2D eigenvalue weighted by Crippen LogP contribution is 2.44. The summed E-state index contributed by atoms with van der Waals surface area (Å²) in [7, 11) is 0. The van der Waals surface area contributed by atoms with Crippen molar-refractivity contribution in [1.82, 2.24) is 0 Å². The van der Waals surface area contributed by atoms with Crippen molar-refractivity contribution in [2.24, 2.45) is 0 Å². The van der Waals surface area contributed by atoms with Gasteiger partial charge in [-0.3, -0.25) is 4.79 Å². The normalized spacial score (nSPS) is 19.5. The van der Waals surface area contributed by atoms with Gasteiger partial charge < -0.3 is 9.64 Å². The molecule has 3 rings (SSSR count). The highest BCUT2D eigenvalue weighted by atomic mass is 16.5. The van der Waals surface area contributed by atoms with Crippen molar-refractivity contribution in [3.8, 4) is 0 Å². The fourth-order valence-corrected chi connectivity index (χ4v) is 3.39. The molecule has 0 N–H and O–H groups in total. The minimum Gasteiger partial charge on any atom is -0.459 e. The number of rotatable bonds is 2. The monoisotopic (exact) mass is 323 g/mol. The number of carbonyl (C=O) groups excluding carboxylic acids is 2. The Hall–Kier alpha value is -2.62. The maximum Gasteiger partial charge on any atom is 0.397 e. The number of carbonyl (C=O) groups is 2. The maximum absolute atomic E-state index is 12.4. The molecule has 0 saturated carbocycles. The van der Waals surface area contributed by atoms with E-state index in [4.69, 9.17) is 4.74 Å². The molecular weight excluding hydrogens is 302 g/mol. The van der Waals surface area contributed by atoms with Crippen molar-refractivity contribution in [2.75, 3.05) is 18.1 Å². The van der Waals surface area contributed by atoms with Crippen molar-refractivity contribution >= 4 is 17.6 Å². The fourth-order valence-electron chi connectivity index (χ4n) is 3.39. The predicted octanol–water partition coefficient (Wildman–Crippen LogP) is 3.29. The van der Waals surface area contributed by atoms with Crippen LogP contribution in [0, 0.1) is 0 Å². The van der Waals surface area contributed by atoms with E-state index in [9.17, 15) is 9.59 Å². The van der Waals surface area contributed by atoms with Crippen LogP contribution < -0.4 is 4.90 Å². The molecule has 1 aliphatic heterocycles. The average Bonchev–Trinajstić information content (AvgIpc) is 2.63. The van der Waals surface area contributed by atoms with Crippen LogP contribution in [0.2, 0.25) is 0 Å². The molecule has 0 bridgehead atoms. The summed E-state index contributed by atoms with van der Waals surface area (Å²) in [5.41, 5.74) is 2.86. The first-order valence-corrected chi connectivity index (χ1v) is 8.21. The van der Waals surface area contributed by atoms with Crippen molar-refractivity contribution in [1.29, 1.82) is 0 Å². The van der Waals surface area contributed by atoms with E-state index in [2.05, 4.69) is 19.1 Å². The van der Waals surface area contributed by atoms with E-state index in [-0.39, 0.29) is 12.0 Å².